The van der Waals surface area contributed by atoms with Crippen molar-refractivity contribution in [3.05, 3.63) is 47.0 Å². The van der Waals surface area contributed by atoms with Crippen LogP contribution in [0, 0.1) is 5.92 Å². The summed E-state index contributed by atoms with van der Waals surface area (Å²) >= 11 is 1.63. The number of benzene rings is 1. The van der Waals surface area contributed by atoms with E-state index in [2.05, 4.69) is 11.1 Å². The van der Waals surface area contributed by atoms with Gasteiger partial charge in [0.05, 0.1) is 11.1 Å². The van der Waals surface area contributed by atoms with Gasteiger partial charge >= 0.3 is 0 Å². The van der Waals surface area contributed by atoms with Crippen LogP contribution in [0.15, 0.2) is 35.8 Å². The molecule has 1 fully saturated rings. The van der Waals surface area contributed by atoms with Crippen LogP contribution >= 0.6 is 21.9 Å². The Kier molecular flexibility index (Phi) is 4.56. The fourth-order valence-electron chi connectivity index (χ4n) is 3.71. The summed E-state index contributed by atoms with van der Waals surface area (Å²) in [4.78, 5) is 16.3. The van der Waals surface area contributed by atoms with Gasteiger partial charge in [-0.1, -0.05) is 6.07 Å². The Balaban J connectivity index is 1.71. The molecule has 0 atom stereocenters. The lowest BCUT2D eigenvalue weighted by atomic mass is 9.93. The summed E-state index contributed by atoms with van der Waals surface area (Å²) < 4.78 is 19.6. The average molecular weight is 391 g/mol. The molecular weight excluding hydrogens is 368 g/mol. The Labute approximate surface area is 157 Å². The molecule has 0 saturated carbocycles. The zero-order valence-corrected chi connectivity index (χ0v) is 15.9. The summed E-state index contributed by atoms with van der Waals surface area (Å²) in [5.41, 5.74) is 9.07. The molecule has 3 heterocycles. The highest BCUT2D eigenvalue weighted by Gasteiger charge is 2.25. The fraction of sp³-hybridized carbons (Fsp3) is 0.316. The number of nitrogens with one attached hydrogen (secondary N) is 1. The zero-order valence-electron chi connectivity index (χ0n) is 14.3. The van der Waals surface area contributed by atoms with Crippen molar-refractivity contribution >= 4 is 38.7 Å². The van der Waals surface area contributed by atoms with Crippen molar-refractivity contribution in [2.75, 3.05) is 11.5 Å². The van der Waals surface area contributed by atoms with Crippen LogP contribution in [0.5, 0.6) is 0 Å². The summed E-state index contributed by atoms with van der Waals surface area (Å²) in [6.45, 7) is 0. The summed E-state index contributed by atoms with van der Waals surface area (Å²) in [6.07, 6.45) is 4.47. The highest BCUT2D eigenvalue weighted by atomic mass is 32.3. The van der Waals surface area contributed by atoms with E-state index in [-0.39, 0.29) is 0 Å². The van der Waals surface area contributed by atoms with Gasteiger partial charge in [-0.15, -0.1) is 11.3 Å². The van der Waals surface area contributed by atoms with Crippen molar-refractivity contribution in [1.82, 2.24) is 4.98 Å². The molecule has 1 saturated heterocycles. The van der Waals surface area contributed by atoms with Gasteiger partial charge in [0.1, 0.15) is 0 Å². The van der Waals surface area contributed by atoms with Crippen LogP contribution in [0.1, 0.15) is 28.8 Å². The third kappa shape index (κ3) is 3.40. The Hall–Kier alpha value is -1.80. The van der Waals surface area contributed by atoms with Gasteiger partial charge in [-0.05, 0) is 59.9 Å². The summed E-state index contributed by atoms with van der Waals surface area (Å²) in [5.74, 6) is 0.977. The average Bonchev–Trinajstić information content (AvgIpc) is 3.26. The first-order valence-electron chi connectivity index (χ1n) is 8.64. The van der Waals surface area contributed by atoms with E-state index in [1.165, 1.54) is 0 Å². The van der Waals surface area contributed by atoms with Crippen LogP contribution in [-0.2, 0) is 6.42 Å². The summed E-state index contributed by atoms with van der Waals surface area (Å²) in [5, 5.41) is 3.05. The number of carbonyl (C=O) groups excluding carboxylic acids is 1. The quantitative estimate of drug-likeness (QED) is 0.519. The number of primary amides is 1. The molecule has 1 amide bonds. The second-order valence-electron chi connectivity index (χ2n) is 6.96. The third-order valence-corrected chi connectivity index (χ3v) is 7.86. The van der Waals surface area contributed by atoms with Crippen LogP contribution in [0.3, 0.4) is 0 Å². The molecule has 4 rings (SSSR count). The molecule has 26 heavy (non-hydrogen) atoms. The topological polar surface area (TPSA) is 99.3 Å². The molecule has 1 aliphatic rings. The number of hydrogen-bond acceptors (Lipinski definition) is 4. The number of hydrogen-bond donors (Lipinski definition) is 4. The minimum Gasteiger partial charge on any atom is -0.366 e. The van der Waals surface area contributed by atoms with Crippen molar-refractivity contribution in [1.29, 1.82) is 0 Å². The fourth-order valence-corrected chi connectivity index (χ4v) is 6.05. The van der Waals surface area contributed by atoms with E-state index in [4.69, 9.17) is 5.73 Å². The number of aromatic nitrogens is 1. The second-order valence-corrected chi connectivity index (χ2v) is 10.3. The summed E-state index contributed by atoms with van der Waals surface area (Å²) in [6, 6.07) is 8.00. The van der Waals surface area contributed by atoms with Crippen LogP contribution in [-0.4, -0.2) is 31.5 Å². The zero-order chi connectivity index (χ0) is 18.3. The number of carbonyl (C=O) groups is 1. The van der Waals surface area contributed by atoms with Gasteiger partial charge in [0, 0.05) is 28.0 Å². The minimum atomic E-state index is -2.36. The SMILES string of the molecule is NC(=O)c1cc(-c2cccs2)cc2c(CC3CCS(O)(O)CC3)c[nH]c12. The van der Waals surface area contributed by atoms with Crippen molar-refractivity contribution in [3.63, 3.8) is 0 Å². The van der Waals surface area contributed by atoms with Crippen molar-refractivity contribution in [2.24, 2.45) is 11.7 Å². The van der Waals surface area contributed by atoms with Gasteiger partial charge in [-0.2, -0.15) is 10.6 Å². The van der Waals surface area contributed by atoms with Gasteiger partial charge in [-0.3, -0.25) is 13.9 Å². The van der Waals surface area contributed by atoms with Gasteiger partial charge in [0.2, 0.25) is 0 Å². The number of H-pyrrole nitrogens is 1. The van der Waals surface area contributed by atoms with E-state index in [1.54, 1.807) is 11.3 Å². The lowest BCUT2D eigenvalue weighted by molar-refractivity contribution is 0.100. The molecule has 2 aromatic heterocycles. The second kappa shape index (κ2) is 6.74. The third-order valence-electron chi connectivity index (χ3n) is 5.16. The molecule has 5 N–H and O–H groups in total. The van der Waals surface area contributed by atoms with E-state index in [1.807, 2.05) is 29.8 Å². The Morgan fingerprint density at radius 2 is 2.08 bits per heavy atom. The number of aromatic amines is 1. The first kappa shape index (κ1) is 17.6. The maximum atomic E-state index is 12.0. The molecule has 0 unspecified atom stereocenters. The van der Waals surface area contributed by atoms with Crippen molar-refractivity contribution < 1.29 is 13.9 Å². The molecule has 5 nitrogen and oxygen atoms in total. The number of fused-ring (bicyclic) bond motifs is 1. The van der Waals surface area contributed by atoms with Crippen molar-refractivity contribution in [3.8, 4) is 10.4 Å². The number of nitrogens with two attached hydrogens (primary N) is 1. The van der Waals surface area contributed by atoms with Gasteiger partial charge in [-0.25, -0.2) is 0 Å². The van der Waals surface area contributed by atoms with Gasteiger partial charge in [0.15, 0.2) is 0 Å². The van der Waals surface area contributed by atoms with Gasteiger partial charge in [0.25, 0.3) is 5.91 Å². The smallest absolute Gasteiger partial charge is 0.250 e. The predicted molar refractivity (Wildman–Crippen MR) is 109 cm³/mol. The molecule has 1 aliphatic heterocycles. The molecule has 0 bridgehead atoms. The number of amides is 1. The predicted octanol–water partition coefficient (Wildman–Crippen LogP) is 4.70. The molecule has 0 spiro atoms. The molecule has 7 heteroatoms. The first-order chi connectivity index (χ1) is 12.4. The largest absolute Gasteiger partial charge is 0.366 e. The van der Waals surface area contributed by atoms with Crippen LogP contribution in [0.4, 0.5) is 0 Å². The Morgan fingerprint density at radius 3 is 2.73 bits per heavy atom. The molecule has 0 radical (unpaired) electrons. The minimum absolute atomic E-state index is 0.427. The Morgan fingerprint density at radius 1 is 1.31 bits per heavy atom. The standard InChI is InChI=1S/C19H22N2O3S2/c20-19(22)16-10-13(17-2-1-5-25-17)9-15-14(11-21-18(15)16)8-12-3-6-26(23,24)7-4-12/h1-2,5,9-12,21,23-24H,3-4,6-8H2,(H2,20,22). The normalized spacial score (nSPS) is 18.8. The summed E-state index contributed by atoms with van der Waals surface area (Å²) in [7, 11) is -2.36. The van der Waals surface area contributed by atoms with E-state index < -0.39 is 16.5 Å². The highest BCUT2D eigenvalue weighted by molar-refractivity contribution is 8.24. The van der Waals surface area contributed by atoms with E-state index >= 15 is 0 Å². The molecular formula is C19H22N2O3S2. The molecule has 0 aliphatic carbocycles. The van der Waals surface area contributed by atoms with E-state index in [0.29, 0.717) is 23.0 Å². The van der Waals surface area contributed by atoms with Crippen LogP contribution in [0.2, 0.25) is 0 Å². The molecule has 3 aromatic rings. The van der Waals surface area contributed by atoms with Crippen molar-refractivity contribution in [2.45, 2.75) is 19.3 Å². The highest BCUT2D eigenvalue weighted by Crippen LogP contribution is 2.46. The van der Waals surface area contributed by atoms with E-state index in [9.17, 15) is 13.9 Å². The Bertz CT molecular complexity index is 937. The molecule has 1 aromatic carbocycles. The maximum Gasteiger partial charge on any atom is 0.250 e. The lowest BCUT2D eigenvalue weighted by Gasteiger charge is -2.39. The first-order valence-corrected chi connectivity index (χ1v) is 11.4. The van der Waals surface area contributed by atoms with Crippen LogP contribution < -0.4 is 5.73 Å². The van der Waals surface area contributed by atoms with Crippen LogP contribution in [0.25, 0.3) is 21.3 Å². The lowest BCUT2D eigenvalue weighted by Crippen LogP contribution is -2.21. The number of rotatable bonds is 4. The number of thiophene rings is 1. The molecule has 138 valence electrons. The monoisotopic (exact) mass is 390 g/mol. The van der Waals surface area contributed by atoms with E-state index in [0.717, 1.165) is 46.2 Å². The van der Waals surface area contributed by atoms with Gasteiger partial charge < -0.3 is 10.7 Å². The maximum absolute atomic E-state index is 12.0.